The molecule has 0 spiro atoms. The molecule has 1 aromatic carbocycles. The zero-order valence-electron chi connectivity index (χ0n) is 9.39. The summed E-state index contributed by atoms with van der Waals surface area (Å²) in [7, 11) is 5.94. The number of hydrogen-bond acceptors (Lipinski definition) is 0. The molecular formula is C11H16Cl3N. The summed E-state index contributed by atoms with van der Waals surface area (Å²) in [6.45, 7) is 2.02. The van der Waals surface area contributed by atoms with Crippen molar-refractivity contribution in [2.24, 2.45) is 0 Å². The Morgan fingerprint density at radius 2 is 1.53 bits per heavy atom. The lowest BCUT2D eigenvalue weighted by molar-refractivity contribution is -0.900. The summed E-state index contributed by atoms with van der Waals surface area (Å²) < 4.78 is -0.424. The number of alkyl halides is 2. The quantitative estimate of drug-likeness (QED) is 0.411. The van der Waals surface area contributed by atoms with Crippen molar-refractivity contribution in [1.82, 2.24) is 0 Å². The summed E-state index contributed by atoms with van der Waals surface area (Å²) in [5, 5.41) is 0. The molecule has 1 nitrogen and oxygen atoms in total. The molecule has 0 aliphatic carbocycles. The lowest BCUT2D eigenvalue weighted by Gasteiger charge is -2.37. The largest absolute Gasteiger partial charge is 1.00 e. The van der Waals surface area contributed by atoms with Crippen LogP contribution in [0.4, 0.5) is 0 Å². The van der Waals surface area contributed by atoms with Crippen LogP contribution in [0.15, 0.2) is 24.3 Å². The van der Waals surface area contributed by atoms with Crippen molar-refractivity contribution < 1.29 is 16.9 Å². The Kier molecular flexibility index (Phi) is 4.94. The van der Waals surface area contributed by atoms with E-state index in [1.165, 1.54) is 0 Å². The van der Waals surface area contributed by atoms with E-state index in [1.807, 2.05) is 52.3 Å². The van der Waals surface area contributed by atoms with Crippen molar-refractivity contribution in [3.63, 3.8) is 0 Å². The van der Waals surface area contributed by atoms with E-state index >= 15 is 0 Å². The normalized spacial score (nSPS) is 12.1. The molecule has 0 heterocycles. The minimum absolute atomic E-state index is 0. The van der Waals surface area contributed by atoms with Crippen LogP contribution in [0, 0.1) is 6.92 Å². The molecule has 86 valence electrons. The Balaban J connectivity index is 0.00000196. The molecule has 0 bridgehead atoms. The summed E-state index contributed by atoms with van der Waals surface area (Å²) in [6.07, 6.45) is 0. The fourth-order valence-corrected chi connectivity index (χ4v) is 1.70. The minimum atomic E-state index is -0.897. The Morgan fingerprint density at radius 1 is 1.07 bits per heavy atom. The monoisotopic (exact) mass is 267 g/mol. The van der Waals surface area contributed by atoms with Gasteiger partial charge in [-0.1, -0.05) is 18.2 Å². The fraction of sp³-hybridized carbons (Fsp3) is 0.455. The van der Waals surface area contributed by atoms with Crippen LogP contribution in [0.3, 0.4) is 0 Å². The zero-order valence-corrected chi connectivity index (χ0v) is 11.7. The predicted molar refractivity (Wildman–Crippen MR) is 62.6 cm³/mol. The van der Waals surface area contributed by atoms with Gasteiger partial charge >= 0.3 is 0 Å². The van der Waals surface area contributed by atoms with E-state index in [0.717, 1.165) is 11.1 Å². The summed E-state index contributed by atoms with van der Waals surface area (Å²) >= 11 is 12.8. The van der Waals surface area contributed by atoms with Crippen molar-refractivity contribution in [2.75, 3.05) is 21.1 Å². The van der Waals surface area contributed by atoms with E-state index in [1.54, 1.807) is 0 Å². The third-order valence-corrected chi connectivity index (χ3v) is 3.73. The Hall–Kier alpha value is 0.0500. The van der Waals surface area contributed by atoms with E-state index in [0.29, 0.717) is 4.48 Å². The van der Waals surface area contributed by atoms with Crippen molar-refractivity contribution in [3.05, 3.63) is 35.4 Å². The average Bonchev–Trinajstić information content (AvgIpc) is 2.02. The SMILES string of the molecule is Cc1ccccc1C(Cl)(Cl)[N+](C)(C)C.[Cl-]. The van der Waals surface area contributed by atoms with E-state index in [-0.39, 0.29) is 12.4 Å². The first-order chi connectivity index (χ1) is 6.27. The van der Waals surface area contributed by atoms with Gasteiger partial charge < -0.3 is 12.4 Å². The molecule has 0 unspecified atom stereocenters. The predicted octanol–water partition coefficient (Wildman–Crippen LogP) is 0.293. The van der Waals surface area contributed by atoms with Crippen LogP contribution < -0.4 is 12.4 Å². The first-order valence-corrected chi connectivity index (χ1v) is 5.28. The summed E-state index contributed by atoms with van der Waals surface area (Å²) in [5.41, 5.74) is 2.08. The second-order valence-electron chi connectivity index (χ2n) is 4.37. The smallest absolute Gasteiger partial charge is 0.277 e. The second-order valence-corrected chi connectivity index (χ2v) is 5.66. The van der Waals surface area contributed by atoms with Gasteiger partial charge in [0.05, 0.1) is 21.1 Å². The van der Waals surface area contributed by atoms with Crippen LogP contribution >= 0.6 is 23.2 Å². The highest BCUT2D eigenvalue weighted by atomic mass is 35.5. The molecular weight excluding hydrogens is 252 g/mol. The van der Waals surface area contributed by atoms with Gasteiger partial charge in [-0.05, 0) is 41.8 Å². The molecule has 1 aromatic rings. The fourth-order valence-electron chi connectivity index (χ4n) is 1.27. The van der Waals surface area contributed by atoms with Crippen LogP contribution in [0.1, 0.15) is 11.1 Å². The first kappa shape index (κ1) is 15.0. The molecule has 0 aliphatic heterocycles. The van der Waals surface area contributed by atoms with Gasteiger partial charge in [-0.15, -0.1) is 0 Å². The number of aryl methyl sites for hydroxylation is 1. The summed E-state index contributed by atoms with van der Waals surface area (Å²) in [6, 6.07) is 7.93. The molecule has 15 heavy (non-hydrogen) atoms. The molecule has 0 saturated carbocycles. The summed E-state index contributed by atoms with van der Waals surface area (Å²) in [4.78, 5) is 0. The maximum Gasteiger partial charge on any atom is 0.277 e. The molecule has 0 aliphatic rings. The highest BCUT2D eigenvalue weighted by molar-refractivity contribution is 6.46. The topological polar surface area (TPSA) is 0 Å². The van der Waals surface area contributed by atoms with Gasteiger partial charge in [0.1, 0.15) is 0 Å². The van der Waals surface area contributed by atoms with Gasteiger partial charge in [-0.3, -0.25) is 4.48 Å². The molecule has 0 aromatic heterocycles. The molecule has 0 atom stereocenters. The number of halogens is 3. The Bertz CT molecular complexity index is 329. The van der Waals surface area contributed by atoms with Crippen LogP contribution in [0.5, 0.6) is 0 Å². The van der Waals surface area contributed by atoms with Gasteiger partial charge in [0, 0.05) is 5.56 Å². The lowest BCUT2D eigenvalue weighted by atomic mass is 10.1. The summed E-state index contributed by atoms with van der Waals surface area (Å²) in [5.74, 6) is 0. The third-order valence-electron chi connectivity index (χ3n) is 2.31. The van der Waals surface area contributed by atoms with Gasteiger partial charge in [-0.2, -0.15) is 0 Å². The van der Waals surface area contributed by atoms with E-state index < -0.39 is 4.46 Å². The highest BCUT2D eigenvalue weighted by Gasteiger charge is 2.41. The van der Waals surface area contributed by atoms with Gasteiger partial charge in [-0.25, -0.2) is 0 Å². The number of nitrogens with zero attached hydrogens (tertiary/aromatic N) is 1. The van der Waals surface area contributed by atoms with Crippen LogP contribution in [0.2, 0.25) is 0 Å². The van der Waals surface area contributed by atoms with Crippen LogP contribution in [-0.4, -0.2) is 25.6 Å². The highest BCUT2D eigenvalue weighted by Crippen LogP contribution is 2.41. The minimum Gasteiger partial charge on any atom is -1.00 e. The lowest BCUT2D eigenvalue weighted by Crippen LogP contribution is -3.00. The van der Waals surface area contributed by atoms with Gasteiger partial charge in [0.25, 0.3) is 4.46 Å². The Labute approximate surface area is 108 Å². The number of rotatable bonds is 2. The molecule has 0 saturated heterocycles. The van der Waals surface area contributed by atoms with Crippen LogP contribution in [-0.2, 0) is 4.46 Å². The van der Waals surface area contributed by atoms with Gasteiger partial charge in [0.2, 0.25) is 0 Å². The molecule has 1 rings (SSSR count). The van der Waals surface area contributed by atoms with Crippen molar-refractivity contribution >= 4 is 23.2 Å². The van der Waals surface area contributed by atoms with Gasteiger partial charge in [0.15, 0.2) is 0 Å². The third kappa shape index (κ3) is 3.01. The van der Waals surface area contributed by atoms with Crippen molar-refractivity contribution in [1.29, 1.82) is 0 Å². The molecule has 0 amide bonds. The molecule has 0 fully saturated rings. The van der Waals surface area contributed by atoms with Crippen LogP contribution in [0.25, 0.3) is 0 Å². The van der Waals surface area contributed by atoms with E-state index in [4.69, 9.17) is 23.2 Å². The second kappa shape index (κ2) is 4.92. The zero-order chi connectivity index (χ0) is 11.0. The standard InChI is InChI=1S/C11H16Cl2N.ClH/c1-9-7-5-6-8-10(9)11(12,13)14(2,3)4;/h5-8H,1-4H3;1H/q+1;/p-1. The Morgan fingerprint density at radius 3 is 1.93 bits per heavy atom. The van der Waals surface area contributed by atoms with E-state index in [2.05, 4.69) is 0 Å². The number of benzene rings is 1. The first-order valence-electron chi connectivity index (χ1n) is 4.52. The number of quaternary nitrogens is 1. The molecule has 0 radical (unpaired) electrons. The number of hydrogen-bond donors (Lipinski definition) is 0. The van der Waals surface area contributed by atoms with Crippen molar-refractivity contribution in [2.45, 2.75) is 11.4 Å². The maximum atomic E-state index is 6.38. The average molecular weight is 269 g/mol. The molecule has 4 heteroatoms. The van der Waals surface area contributed by atoms with E-state index in [9.17, 15) is 0 Å². The molecule has 0 N–H and O–H groups in total. The maximum absolute atomic E-state index is 6.38. The van der Waals surface area contributed by atoms with Crippen molar-refractivity contribution in [3.8, 4) is 0 Å².